The van der Waals surface area contributed by atoms with Gasteiger partial charge in [0.05, 0.1) is 6.61 Å². The van der Waals surface area contributed by atoms with Crippen LogP contribution in [0.15, 0.2) is 64.6 Å². The molecule has 0 atom stereocenters. The molecule has 2 aliphatic rings. The minimum absolute atomic E-state index is 0.540. The molecule has 0 aliphatic carbocycles. The van der Waals surface area contributed by atoms with Gasteiger partial charge in [0.15, 0.2) is 23.0 Å². The van der Waals surface area contributed by atoms with Crippen LogP contribution in [0.5, 0.6) is 28.7 Å². The zero-order chi connectivity index (χ0) is 18.2. The predicted octanol–water partition coefficient (Wildman–Crippen LogP) is 3.53. The lowest BCUT2D eigenvalue weighted by molar-refractivity contribution is 0.312. The van der Waals surface area contributed by atoms with Gasteiger partial charge in [-0.15, -0.1) is 0 Å². The van der Waals surface area contributed by atoms with E-state index in [1.807, 2.05) is 54.6 Å². The third-order valence-electron chi connectivity index (χ3n) is 4.39. The monoisotopic (exact) mass is 359 g/mol. The maximum Gasteiger partial charge on any atom is 0.156 e. The molecule has 2 N–H and O–H groups in total. The molecule has 6 heteroatoms. The average molecular weight is 359 g/mol. The van der Waals surface area contributed by atoms with Crippen LogP contribution in [0, 0.1) is 0 Å². The molecule has 0 aromatic heterocycles. The first-order valence-electron chi connectivity index (χ1n) is 8.84. The number of hydrogen-bond donors (Lipinski definition) is 1. The van der Waals surface area contributed by atoms with Gasteiger partial charge in [0, 0.05) is 12.1 Å². The molecule has 2 heterocycles. The first-order valence-corrected chi connectivity index (χ1v) is 8.84. The third kappa shape index (κ3) is 2.80. The molecule has 6 nitrogen and oxygen atoms in total. The minimum Gasteiger partial charge on any atom is -0.491 e. The Bertz CT molecular complexity index is 1160. The lowest BCUT2D eigenvalue weighted by Gasteiger charge is -2.19. The molecular formula is C21H17N3O3. The van der Waals surface area contributed by atoms with Gasteiger partial charge in [0.2, 0.25) is 0 Å². The fourth-order valence-corrected chi connectivity index (χ4v) is 3.08. The van der Waals surface area contributed by atoms with E-state index in [9.17, 15) is 0 Å². The Morgan fingerprint density at radius 1 is 0.815 bits per heavy atom. The van der Waals surface area contributed by atoms with Crippen LogP contribution in [0.4, 0.5) is 11.4 Å². The number of nitrogens with zero attached hydrogens (tertiary/aromatic N) is 2. The zero-order valence-corrected chi connectivity index (χ0v) is 14.5. The molecule has 3 aromatic carbocycles. The normalized spacial score (nSPS) is 12.8. The molecule has 0 bridgehead atoms. The molecule has 2 aliphatic heterocycles. The Kier molecular flexibility index (Phi) is 3.76. The van der Waals surface area contributed by atoms with E-state index in [2.05, 4.69) is 4.99 Å². The van der Waals surface area contributed by atoms with Gasteiger partial charge in [-0.2, -0.15) is 0 Å². The second kappa shape index (κ2) is 6.41. The second-order valence-corrected chi connectivity index (χ2v) is 6.28. The number of rotatable bonds is 4. The highest BCUT2D eigenvalue weighted by Crippen LogP contribution is 2.41. The summed E-state index contributed by atoms with van der Waals surface area (Å²) in [4.78, 5) is 9.41. The van der Waals surface area contributed by atoms with Crippen LogP contribution in [0.25, 0.3) is 0 Å². The van der Waals surface area contributed by atoms with Crippen LogP contribution >= 0.6 is 0 Å². The van der Waals surface area contributed by atoms with Gasteiger partial charge in [-0.3, -0.25) is 0 Å². The van der Waals surface area contributed by atoms with Crippen molar-refractivity contribution < 1.29 is 14.2 Å². The van der Waals surface area contributed by atoms with Gasteiger partial charge in [-0.1, -0.05) is 18.2 Å². The van der Waals surface area contributed by atoms with Crippen molar-refractivity contribution in [3.8, 4) is 28.7 Å². The van der Waals surface area contributed by atoms with Crippen LogP contribution in [0.3, 0.4) is 0 Å². The number of nitrogens with two attached hydrogens (primary N) is 1. The van der Waals surface area contributed by atoms with Crippen molar-refractivity contribution in [3.05, 3.63) is 65.3 Å². The van der Waals surface area contributed by atoms with Gasteiger partial charge < -0.3 is 19.9 Å². The molecule has 134 valence electrons. The van der Waals surface area contributed by atoms with Gasteiger partial charge >= 0.3 is 0 Å². The fourth-order valence-electron chi connectivity index (χ4n) is 3.08. The predicted molar refractivity (Wildman–Crippen MR) is 100 cm³/mol. The molecule has 0 saturated carbocycles. The molecule has 0 saturated heterocycles. The average Bonchev–Trinajstić information content (AvgIpc) is 2.69. The van der Waals surface area contributed by atoms with Gasteiger partial charge in [0.1, 0.15) is 27.8 Å². The van der Waals surface area contributed by atoms with Crippen molar-refractivity contribution >= 4 is 11.4 Å². The molecule has 0 radical (unpaired) electrons. The van der Waals surface area contributed by atoms with E-state index in [4.69, 9.17) is 24.9 Å². The van der Waals surface area contributed by atoms with Crippen molar-refractivity contribution in [2.75, 3.05) is 13.2 Å². The smallest absolute Gasteiger partial charge is 0.156 e. The van der Waals surface area contributed by atoms with Crippen molar-refractivity contribution in [2.24, 2.45) is 15.7 Å². The molecule has 0 spiro atoms. The third-order valence-corrected chi connectivity index (χ3v) is 4.39. The van der Waals surface area contributed by atoms with Crippen molar-refractivity contribution in [3.63, 3.8) is 0 Å². The summed E-state index contributed by atoms with van der Waals surface area (Å²) in [6.07, 6.45) is 0.781. The standard InChI is InChI=1S/C21H17N3O3/c22-9-4-10-25-17-7-3-8-18-21(17)24-15-12-19-14(11-20(15)27-18)23-13-5-1-2-6-16(13)26-19/h1-3,5-8,11-12H,4,9-10,22H2. The highest BCUT2D eigenvalue weighted by Gasteiger charge is 2.20. The summed E-state index contributed by atoms with van der Waals surface area (Å²) in [6.45, 7) is 1.12. The molecule has 3 aromatic rings. The summed E-state index contributed by atoms with van der Waals surface area (Å²) in [5.74, 6) is 3.37. The van der Waals surface area contributed by atoms with E-state index in [0.717, 1.165) is 23.2 Å². The Morgan fingerprint density at radius 3 is 2.41 bits per heavy atom. The van der Waals surface area contributed by atoms with Crippen LogP contribution < -0.4 is 30.7 Å². The Hall–Kier alpha value is -3.38. The highest BCUT2D eigenvalue weighted by molar-refractivity contribution is 5.65. The maximum absolute atomic E-state index is 6.06. The summed E-state index contributed by atoms with van der Waals surface area (Å²) in [7, 11) is 0. The van der Waals surface area contributed by atoms with E-state index in [1.165, 1.54) is 0 Å². The minimum atomic E-state index is 0.540. The van der Waals surface area contributed by atoms with Gasteiger partial charge in [-0.25, -0.2) is 9.98 Å². The number of ether oxygens (including phenoxy) is 3. The van der Waals surface area contributed by atoms with Crippen LogP contribution in [-0.2, 0) is 0 Å². The van der Waals surface area contributed by atoms with E-state index in [1.54, 1.807) is 0 Å². The summed E-state index contributed by atoms with van der Waals surface area (Å²) in [5, 5.41) is 1.41. The molecule has 0 fully saturated rings. The second-order valence-electron chi connectivity index (χ2n) is 6.28. The lowest BCUT2D eigenvalue weighted by Crippen LogP contribution is -2.18. The van der Waals surface area contributed by atoms with Gasteiger partial charge in [0.25, 0.3) is 0 Å². The zero-order valence-electron chi connectivity index (χ0n) is 14.5. The Balaban J connectivity index is 1.60. The molecular weight excluding hydrogens is 342 g/mol. The SMILES string of the molecule is NCCCOc1cccc2c1N=c1cc3c(cc1O2)=Nc1ccccc1O3. The molecule has 27 heavy (non-hydrogen) atoms. The summed E-state index contributed by atoms with van der Waals surface area (Å²) >= 11 is 0. The number of benzene rings is 3. The summed E-state index contributed by atoms with van der Waals surface area (Å²) in [6, 6.07) is 17.0. The number of para-hydroxylation sites is 3. The highest BCUT2D eigenvalue weighted by atomic mass is 16.5. The largest absolute Gasteiger partial charge is 0.491 e. The lowest BCUT2D eigenvalue weighted by atomic mass is 10.2. The quantitative estimate of drug-likeness (QED) is 0.498. The van der Waals surface area contributed by atoms with Gasteiger partial charge in [-0.05, 0) is 37.2 Å². The molecule has 5 rings (SSSR count). The number of fused-ring (bicyclic) bond motifs is 4. The molecule has 0 unspecified atom stereocenters. The fraction of sp³-hybridized carbons (Fsp3) is 0.143. The Morgan fingerprint density at radius 2 is 1.56 bits per heavy atom. The summed E-state index contributed by atoms with van der Waals surface area (Å²) < 4.78 is 17.9. The van der Waals surface area contributed by atoms with E-state index < -0.39 is 0 Å². The van der Waals surface area contributed by atoms with E-state index >= 15 is 0 Å². The first kappa shape index (κ1) is 15.8. The summed E-state index contributed by atoms with van der Waals surface area (Å²) in [5.41, 5.74) is 7.02. The molecule has 0 amide bonds. The first-order chi connectivity index (χ1) is 13.3. The van der Waals surface area contributed by atoms with Crippen molar-refractivity contribution in [2.45, 2.75) is 6.42 Å². The van der Waals surface area contributed by atoms with Crippen molar-refractivity contribution in [1.29, 1.82) is 0 Å². The Labute approximate surface area is 155 Å². The van der Waals surface area contributed by atoms with Crippen LogP contribution in [0.1, 0.15) is 6.42 Å². The van der Waals surface area contributed by atoms with E-state index in [-0.39, 0.29) is 0 Å². The van der Waals surface area contributed by atoms with Crippen LogP contribution in [0.2, 0.25) is 0 Å². The number of hydrogen-bond acceptors (Lipinski definition) is 6. The van der Waals surface area contributed by atoms with E-state index in [0.29, 0.717) is 47.2 Å². The topological polar surface area (TPSA) is 78.4 Å². The van der Waals surface area contributed by atoms with Crippen molar-refractivity contribution in [1.82, 2.24) is 0 Å². The maximum atomic E-state index is 6.06. The van der Waals surface area contributed by atoms with Crippen LogP contribution in [-0.4, -0.2) is 13.2 Å².